The van der Waals surface area contributed by atoms with Crippen molar-refractivity contribution in [3.8, 4) is 0 Å². The number of aliphatic hydroxyl groups excluding tert-OH is 2. The van der Waals surface area contributed by atoms with Gasteiger partial charge in [0, 0.05) is 0 Å². The lowest BCUT2D eigenvalue weighted by Crippen LogP contribution is -2.40. The van der Waals surface area contributed by atoms with E-state index in [4.69, 9.17) is 5.11 Å². The molecule has 0 radical (unpaired) electrons. The Labute approximate surface area is 171 Å². The molecule has 29 heavy (non-hydrogen) atoms. The molecule has 0 aliphatic heterocycles. The van der Waals surface area contributed by atoms with Crippen molar-refractivity contribution in [3.05, 3.63) is 24.0 Å². The van der Waals surface area contributed by atoms with Crippen molar-refractivity contribution in [1.82, 2.24) is 0 Å². The van der Waals surface area contributed by atoms with Crippen LogP contribution in [0.1, 0.15) is 78.1 Å². The van der Waals surface area contributed by atoms with Crippen LogP contribution in [-0.2, 0) is 4.79 Å². The predicted octanol–water partition coefficient (Wildman–Crippen LogP) is 6.17. The molecule has 0 heterocycles. The summed E-state index contributed by atoms with van der Waals surface area (Å²) in [5, 5.41) is 29.8. The number of carboxylic acids is 1. The summed E-state index contributed by atoms with van der Waals surface area (Å²) in [6, 6.07) is 0. The van der Waals surface area contributed by atoms with E-state index in [0.717, 1.165) is 25.8 Å². The van der Waals surface area contributed by atoms with Crippen LogP contribution in [-0.4, -0.2) is 34.1 Å². The Morgan fingerprint density at radius 1 is 1.10 bits per heavy atom. The third kappa shape index (κ3) is 6.24. The second-order valence-corrected chi connectivity index (χ2v) is 8.41. The average Bonchev–Trinajstić information content (AvgIpc) is 3.18. The Kier molecular flexibility index (Phi) is 9.73. The normalized spacial score (nSPS) is 20.7. The first-order chi connectivity index (χ1) is 13.5. The topological polar surface area (TPSA) is 77.8 Å². The van der Waals surface area contributed by atoms with Crippen LogP contribution >= 0.6 is 0 Å². The number of carboxylic acid groups (broad SMARTS) is 1. The SMILES string of the molecule is CCCCC(C)(C/C=C(/O)[C@@](CC/C=C\CO)(C(=O)O)C1CCCC1)C(F)(F)F. The molecule has 0 aromatic rings. The Bertz CT molecular complexity index is 579. The highest BCUT2D eigenvalue weighted by Gasteiger charge is 2.52. The zero-order chi connectivity index (χ0) is 22.1. The molecule has 0 saturated heterocycles. The van der Waals surface area contributed by atoms with Gasteiger partial charge in [-0.15, -0.1) is 0 Å². The van der Waals surface area contributed by atoms with Crippen LogP contribution in [0, 0.1) is 16.7 Å². The second kappa shape index (κ2) is 11.0. The van der Waals surface area contributed by atoms with Crippen LogP contribution in [0.4, 0.5) is 13.2 Å². The van der Waals surface area contributed by atoms with E-state index in [9.17, 15) is 28.2 Å². The molecule has 0 amide bonds. The third-order valence-corrected chi connectivity index (χ3v) is 6.38. The van der Waals surface area contributed by atoms with Crippen molar-refractivity contribution in [2.24, 2.45) is 16.7 Å². The summed E-state index contributed by atoms with van der Waals surface area (Å²) in [6.45, 7) is 2.78. The van der Waals surface area contributed by atoms with E-state index in [1.165, 1.54) is 6.08 Å². The molecule has 1 rings (SSSR count). The smallest absolute Gasteiger partial charge is 0.394 e. The van der Waals surface area contributed by atoms with Gasteiger partial charge in [0.05, 0.1) is 12.0 Å². The van der Waals surface area contributed by atoms with Gasteiger partial charge < -0.3 is 15.3 Å². The fraction of sp³-hybridized carbons (Fsp3) is 0.773. The number of alkyl halides is 3. The summed E-state index contributed by atoms with van der Waals surface area (Å²) in [5.41, 5.74) is -3.60. The number of allylic oxidation sites excluding steroid dienone is 2. The van der Waals surface area contributed by atoms with Gasteiger partial charge in [0.25, 0.3) is 0 Å². The number of unbranched alkanes of at least 4 members (excludes halogenated alkanes) is 1. The van der Waals surface area contributed by atoms with Gasteiger partial charge >= 0.3 is 12.1 Å². The molecule has 1 aliphatic carbocycles. The number of hydrogen-bond acceptors (Lipinski definition) is 3. The molecule has 1 saturated carbocycles. The second-order valence-electron chi connectivity index (χ2n) is 8.41. The van der Waals surface area contributed by atoms with Gasteiger partial charge in [0.2, 0.25) is 0 Å². The van der Waals surface area contributed by atoms with Crippen LogP contribution in [0.3, 0.4) is 0 Å². The zero-order valence-electron chi connectivity index (χ0n) is 17.5. The molecular weight excluding hydrogens is 385 g/mol. The first-order valence-electron chi connectivity index (χ1n) is 10.5. The van der Waals surface area contributed by atoms with Crippen molar-refractivity contribution in [2.75, 3.05) is 6.61 Å². The molecule has 0 bridgehead atoms. The summed E-state index contributed by atoms with van der Waals surface area (Å²) in [7, 11) is 0. The van der Waals surface area contributed by atoms with E-state index in [0.29, 0.717) is 32.1 Å². The lowest BCUT2D eigenvalue weighted by atomic mass is 9.68. The number of carbonyl (C=O) groups is 1. The molecule has 0 spiro atoms. The van der Waals surface area contributed by atoms with Crippen molar-refractivity contribution in [1.29, 1.82) is 0 Å². The highest BCUT2D eigenvalue weighted by atomic mass is 19.4. The Hall–Kier alpha value is -1.50. The van der Waals surface area contributed by atoms with E-state index in [2.05, 4.69) is 0 Å². The molecule has 3 N–H and O–H groups in total. The molecule has 1 aliphatic rings. The first kappa shape index (κ1) is 25.5. The molecule has 4 nitrogen and oxygen atoms in total. The summed E-state index contributed by atoms with van der Waals surface area (Å²) in [5.74, 6) is -1.97. The molecule has 168 valence electrons. The summed E-state index contributed by atoms with van der Waals surface area (Å²) < 4.78 is 41.0. The van der Waals surface area contributed by atoms with E-state index < -0.39 is 35.2 Å². The minimum Gasteiger partial charge on any atom is -0.511 e. The molecule has 2 atom stereocenters. The molecule has 0 aromatic carbocycles. The van der Waals surface area contributed by atoms with Gasteiger partial charge in [-0.1, -0.05) is 51.7 Å². The number of hydrogen-bond donors (Lipinski definition) is 3. The van der Waals surface area contributed by atoms with Gasteiger partial charge in [-0.25, -0.2) is 0 Å². The Balaban J connectivity index is 3.23. The summed E-state index contributed by atoms with van der Waals surface area (Å²) in [6.07, 6.45) is 3.64. The van der Waals surface area contributed by atoms with Gasteiger partial charge in [-0.3, -0.25) is 4.79 Å². The van der Waals surface area contributed by atoms with Crippen LogP contribution in [0.15, 0.2) is 24.0 Å². The largest absolute Gasteiger partial charge is 0.511 e. The van der Waals surface area contributed by atoms with E-state index in [1.54, 1.807) is 6.08 Å². The minimum atomic E-state index is -4.44. The van der Waals surface area contributed by atoms with Gasteiger partial charge in [0.15, 0.2) is 0 Å². The Morgan fingerprint density at radius 2 is 1.72 bits per heavy atom. The Morgan fingerprint density at radius 3 is 2.21 bits per heavy atom. The maximum absolute atomic E-state index is 13.7. The maximum atomic E-state index is 13.7. The summed E-state index contributed by atoms with van der Waals surface area (Å²) >= 11 is 0. The monoisotopic (exact) mass is 420 g/mol. The number of aliphatic hydroxyl groups is 2. The molecule has 7 heteroatoms. The summed E-state index contributed by atoms with van der Waals surface area (Å²) in [4.78, 5) is 12.3. The van der Waals surface area contributed by atoms with E-state index in [1.807, 2.05) is 6.92 Å². The highest BCUT2D eigenvalue weighted by Crippen LogP contribution is 2.50. The number of aliphatic carboxylic acids is 1. The maximum Gasteiger partial charge on any atom is 0.394 e. The van der Waals surface area contributed by atoms with Crippen molar-refractivity contribution in [3.63, 3.8) is 0 Å². The fourth-order valence-corrected chi connectivity index (χ4v) is 4.28. The molecule has 1 unspecified atom stereocenters. The first-order valence-corrected chi connectivity index (χ1v) is 10.5. The van der Waals surface area contributed by atoms with Gasteiger partial charge in [-0.2, -0.15) is 13.2 Å². The molecular formula is C22H35F3O4. The lowest BCUT2D eigenvalue weighted by Gasteiger charge is -2.36. The fourth-order valence-electron chi connectivity index (χ4n) is 4.28. The van der Waals surface area contributed by atoms with Crippen molar-refractivity contribution >= 4 is 5.97 Å². The van der Waals surface area contributed by atoms with Crippen molar-refractivity contribution < 1.29 is 33.3 Å². The number of rotatable bonds is 12. The van der Waals surface area contributed by atoms with Crippen molar-refractivity contribution in [2.45, 2.75) is 84.2 Å². The molecule has 0 aromatic heterocycles. The average molecular weight is 421 g/mol. The van der Waals surface area contributed by atoms with Crippen LogP contribution in [0.5, 0.6) is 0 Å². The third-order valence-electron chi connectivity index (χ3n) is 6.38. The van der Waals surface area contributed by atoms with Gasteiger partial charge in [-0.05, 0) is 50.5 Å². The van der Waals surface area contributed by atoms with Gasteiger partial charge in [0.1, 0.15) is 11.2 Å². The lowest BCUT2D eigenvalue weighted by molar-refractivity contribution is -0.219. The highest BCUT2D eigenvalue weighted by molar-refractivity contribution is 5.78. The predicted molar refractivity (Wildman–Crippen MR) is 107 cm³/mol. The van der Waals surface area contributed by atoms with E-state index >= 15 is 0 Å². The zero-order valence-corrected chi connectivity index (χ0v) is 17.5. The number of halogens is 3. The van der Waals surface area contributed by atoms with Crippen LogP contribution in [0.2, 0.25) is 0 Å². The minimum absolute atomic E-state index is 0.0699. The van der Waals surface area contributed by atoms with E-state index in [-0.39, 0.29) is 25.4 Å². The standard InChI is InChI=1S/C22H35F3O4/c1-3-4-13-20(2,22(23,24)25)15-12-18(27)21(19(28)29,14-8-5-9-16-26)17-10-6-7-11-17/h5,9,12,17,26-27H,3-4,6-8,10-11,13-16H2,1-2H3,(H,28,29)/b9-5-,18-12+/t20?,21-/m0/s1. The van der Waals surface area contributed by atoms with Crippen LogP contribution < -0.4 is 0 Å². The van der Waals surface area contributed by atoms with Crippen LogP contribution in [0.25, 0.3) is 0 Å². The molecule has 1 fully saturated rings. The quantitative estimate of drug-likeness (QED) is 0.261.